The summed E-state index contributed by atoms with van der Waals surface area (Å²) in [5.41, 5.74) is 1.47. The maximum Gasteiger partial charge on any atom is 0.262 e. The molecule has 2 aromatic carbocycles. The van der Waals surface area contributed by atoms with Gasteiger partial charge in [-0.05, 0) is 36.8 Å². The van der Waals surface area contributed by atoms with Crippen molar-refractivity contribution in [3.8, 4) is 5.75 Å². The van der Waals surface area contributed by atoms with Crippen LogP contribution in [0.4, 0.5) is 0 Å². The van der Waals surface area contributed by atoms with E-state index in [4.69, 9.17) is 4.74 Å². The second kappa shape index (κ2) is 8.48. The Hall–Kier alpha value is -2.80. The summed E-state index contributed by atoms with van der Waals surface area (Å²) in [6, 6.07) is 14.8. The SMILES string of the molecule is COc1ccc(Cn2c(S[C@@H](C)C(=O)N(C)C)nc3ccccc3c2=O)cc1. The second-order valence-corrected chi connectivity index (χ2v) is 7.95. The lowest BCUT2D eigenvalue weighted by Crippen LogP contribution is -2.31. The minimum atomic E-state index is -0.356. The highest BCUT2D eigenvalue weighted by Gasteiger charge is 2.20. The Bertz CT molecular complexity index is 1040. The first-order valence-electron chi connectivity index (χ1n) is 8.91. The number of carbonyl (C=O) groups is 1. The lowest BCUT2D eigenvalue weighted by molar-refractivity contribution is -0.127. The molecule has 0 aliphatic rings. The van der Waals surface area contributed by atoms with Crippen LogP contribution in [0, 0.1) is 0 Å². The third-order valence-electron chi connectivity index (χ3n) is 4.40. The van der Waals surface area contributed by atoms with E-state index < -0.39 is 0 Å². The summed E-state index contributed by atoms with van der Waals surface area (Å²) in [6.45, 7) is 2.19. The molecule has 146 valence electrons. The van der Waals surface area contributed by atoms with Gasteiger partial charge < -0.3 is 9.64 Å². The van der Waals surface area contributed by atoms with Crippen LogP contribution in [-0.4, -0.2) is 46.8 Å². The van der Waals surface area contributed by atoms with E-state index in [0.717, 1.165) is 11.3 Å². The molecular weight excluding hydrogens is 374 g/mol. The summed E-state index contributed by atoms with van der Waals surface area (Å²) in [6.07, 6.45) is 0. The van der Waals surface area contributed by atoms with Crippen LogP contribution < -0.4 is 10.3 Å². The van der Waals surface area contributed by atoms with E-state index in [9.17, 15) is 9.59 Å². The highest BCUT2D eigenvalue weighted by Crippen LogP contribution is 2.24. The van der Waals surface area contributed by atoms with Crippen molar-refractivity contribution >= 4 is 28.6 Å². The van der Waals surface area contributed by atoms with Crippen LogP contribution in [0.2, 0.25) is 0 Å². The van der Waals surface area contributed by atoms with Crippen LogP contribution in [0.3, 0.4) is 0 Å². The molecule has 0 spiro atoms. The Balaban J connectivity index is 2.05. The van der Waals surface area contributed by atoms with Gasteiger partial charge in [0.15, 0.2) is 5.16 Å². The van der Waals surface area contributed by atoms with Crippen molar-refractivity contribution in [3.63, 3.8) is 0 Å². The van der Waals surface area contributed by atoms with Crippen molar-refractivity contribution in [3.05, 3.63) is 64.4 Å². The van der Waals surface area contributed by atoms with Gasteiger partial charge in [0.2, 0.25) is 5.91 Å². The van der Waals surface area contributed by atoms with Crippen LogP contribution in [0.15, 0.2) is 58.5 Å². The van der Waals surface area contributed by atoms with Gasteiger partial charge in [0, 0.05) is 14.1 Å². The van der Waals surface area contributed by atoms with Gasteiger partial charge in [-0.15, -0.1) is 0 Å². The number of hydrogen-bond donors (Lipinski definition) is 0. The van der Waals surface area contributed by atoms with Gasteiger partial charge in [0.05, 0.1) is 29.8 Å². The van der Waals surface area contributed by atoms with Gasteiger partial charge in [0.25, 0.3) is 5.56 Å². The molecule has 0 aliphatic carbocycles. The zero-order chi connectivity index (χ0) is 20.3. The predicted molar refractivity (Wildman–Crippen MR) is 112 cm³/mol. The Labute approximate surface area is 168 Å². The van der Waals surface area contributed by atoms with E-state index in [1.165, 1.54) is 11.8 Å². The molecule has 0 aliphatic heterocycles. The third-order valence-corrected chi connectivity index (χ3v) is 5.47. The van der Waals surface area contributed by atoms with Gasteiger partial charge in [0.1, 0.15) is 5.75 Å². The monoisotopic (exact) mass is 397 g/mol. The van der Waals surface area contributed by atoms with Crippen LogP contribution >= 0.6 is 11.8 Å². The van der Waals surface area contributed by atoms with Crippen molar-refractivity contribution in [2.24, 2.45) is 0 Å². The average molecular weight is 398 g/mol. The van der Waals surface area contributed by atoms with Gasteiger partial charge >= 0.3 is 0 Å². The summed E-state index contributed by atoms with van der Waals surface area (Å²) in [5, 5.41) is 0.736. The van der Waals surface area contributed by atoms with Crippen molar-refractivity contribution in [2.75, 3.05) is 21.2 Å². The first-order chi connectivity index (χ1) is 13.4. The third kappa shape index (κ3) is 4.20. The molecule has 1 amide bonds. The molecule has 3 rings (SSSR count). The number of para-hydroxylation sites is 1. The van der Waals surface area contributed by atoms with E-state index in [-0.39, 0.29) is 16.7 Å². The fourth-order valence-electron chi connectivity index (χ4n) is 2.86. The minimum Gasteiger partial charge on any atom is -0.497 e. The van der Waals surface area contributed by atoms with E-state index in [2.05, 4.69) is 4.98 Å². The fraction of sp³-hybridized carbons (Fsp3) is 0.286. The van der Waals surface area contributed by atoms with Gasteiger partial charge in [-0.2, -0.15) is 0 Å². The molecule has 0 saturated heterocycles. The summed E-state index contributed by atoms with van der Waals surface area (Å²) in [7, 11) is 5.06. The number of nitrogens with zero attached hydrogens (tertiary/aromatic N) is 3. The smallest absolute Gasteiger partial charge is 0.262 e. The van der Waals surface area contributed by atoms with E-state index in [1.807, 2.05) is 49.4 Å². The van der Waals surface area contributed by atoms with Crippen LogP contribution in [0.25, 0.3) is 10.9 Å². The van der Waals surface area contributed by atoms with Crippen molar-refractivity contribution < 1.29 is 9.53 Å². The Morgan fingerprint density at radius 2 is 1.86 bits per heavy atom. The Morgan fingerprint density at radius 3 is 2.50 bits per heavy atom. The largest absolute Gasteiger partial charge is 0.497 e. The molecule has 1 aromatic heterocycles. The second-order valence-electron chi connectivity index (χ2n) is 6.64. The van der Waals surface area contributed by atoms with Gasteiger partial charge in [-0.3, -0.25) is 14.2 Å². The number of fused-ring (bicyclic) bond motifs is 1. The molecule has 7 heteroatoms. The predicted octanol–water partition coefficient (Wildman–Crippen LogP) is 3.02. The van der Waals surface area contributed by atoms with Crippen molar-refractivity contribution in [1.29, 1.82) is 0 Å². The topological polar surface area (TPSA) is 64.4 Å². The highest BCUT2D eigenvalue weighted by atomic mass is 32.2. The fourth-order valence-corrected chi connectivity index (χ4v) is 3.92. The molecule has 0 saturated carbocycles. The summed E-state index contributed by atoms with van der Waals surface area (Å²) >= 11 is 1.30. The molecule has 1 heterocycles. The Morgan fingerprint density at radius 1 is 1.18 bits per heavy atom. The lowest BCUT2D eigenvalue weighted by atomic mass is 10.2. The van der Waals surface area contributed by atoms with Gasteiger partial charge in [-0.1, -0.05) is 36.0 Å². The standard InChI is InChI=1S/C21H23N3O3S/c1-14(19(25)23(2)3)28-21-22-18-8-6-5-7-17(18)20(26)24(21)13-15-9-11-16(27-4)12-10-15/h5-12,14H,13H2,1-4H3/t14-/m0/s1. The molecular formula is C21H23N3O3S. The zero-order valence-electron chi connectivity index (χ0n) is 16.4. The molecule has 0 fully saturated rings. The molecule has 6 nitrogen and oxygen atoms in total. The lowest BCUT2D eigenvalue weighted by Gasteiger charge is -2.19. The first kappa shape index (κ1) is 19.9. The molecule has 3 aromatic rings. The number of amides is 1. The Kier molecular flexibility index (Phi) is 6.04. The highest BCUT2D eigenvalue weighted by molar-refractivity contribution is 8.00. The number of aromatic nitrogens is 2. The van der Waals surface area contributed by atoms with E-state index in [0.29, 0.717) is 22.6 Å². The number of thioether (sulfide) groups is 1. The van der Waals surface area contributed by atoms with Crippen molar-refractivity contribution in [1.82, 2.24) is 14.5 Å². The molecule has 0 N–H and O–H groups in total. The average Bonchev–Trinajstić information content (AvgIpc) is 2.70. The van der Waals surface area contributed by atoms with Gasteiger partial charge in [-0.25, -0.2) is 4.98 Å². The summed E-state index contributed by atoms with van der Waals surface area (Å²) in [5.74, 6) is 0.732. The minimum absolute atomic E-state index is 0.0246. The number of hydrogen-bond acceptors (Lipinski definition) is 5. The molecule has 0 bridgehead atoms. The molecule has 0 radical (unpaired) electrons. The van der Waals surface area contributed by atoms with Crippen molar-refractivity contribution in [2.45, 2.75) is 23.9 Å². The first-order valence-corrected chi connectivity index (χ1v) is 9.79. The van der Waals surface area contributed by atoms with Crippen LogP contribution in [0.5, 0.6) is 5.75 Å². The van der Waals surface area contributed by atoms with Crippen LogP contribution in [-0.2, 0) is 11.3 Å². The van der Waals surface area contributed by atoms with E-state index >= 15 is 0 Å². The number of methoxy groups -OCH3 is 1. The van der Waals surface area contributed by atoms with Crippen LogP contribution in [0.1, 0.15) is 12.5 Å². The number of carbonyl (C=O) groups excluding carboxylic acids is 1. The summed E-state index contributed by atoms with van der Waals surface area (Å²) < 4.78 is 6.83. The maximum atomic E-state index is 13.2. The molecule has 28 heavy (non-hydrogen) atoms. The summed E-state index contributed by atoms with van der Waals surface area (Å²) in [4.78, 5) is 31.7. The normalized spacial score (nSPS) is 12.0. The molecule has 0 unspecified atom stereocenters. The van der Waals surface area contributed by atoms with E-state index in [1.54, 1.807) is 36.7 Å². The zero-order valence-corrected chi connectivity index (χ0v) is 17.2. The number of benzene rings is 2. The quantitative estimate of drug-likeness (QED) is 0.473. The number of ether oxygens (including phenoxy) is 1. The number of rotatable bonds is 6. The molecule has 1 atom stereocenters. The maximum absolute atomic E-state index is 13.2.